The molecule has 2 heterocycles. The average molecular weight is 491 g/mol. The predicted molar refractivity (Wildman–Crippen MR) is 118 cm³/mol. The SMILES string of the molecule is O=C(CN1C(=O)c2cccc([N+](=O)[O-])c2C1=O)Nc1ncc(Cc2cc(Cl)ccc2Cl)s1. The number of nitrogens with zero attached hydrogens (tertiary/aromatic N) is 3. The molecular weight excluding hydrogens is 479 g/mol. The Morgan fingerprint density at radius 2 is 1.97 bits per heavy atom. The van der Waals surface area contributed by atoms with Crippen molar-refractivity contribution in [3.63, 3.8) is 0 Å². The first-order valence-electron chi connectivity index (χ1n) is 9.06. The van der Waals surface area contributed by atoms with Gasteiger partial charge >= 0.3 is 0 Å². The van der Waals surface area contributed by atoms with E-state index in [1.165, 1.54) is 23.5 Å². The molecule has 0 fully saturated rings. The van der Waals surface area contributed by atoms with Gasteiger partial charge in [0.15, 0.2) is 5.13 Å². The van der Waals surface area contributed by atoms with Gasteiger partial charge in [-0.25, -0.2) is 4.98 Å². The van der Waals surface area contributed by atoms with Crippen LogP contribution in [0, 0.1) is 10.1 Å². The van der Waals surface area contributed by atoms with Crippen LogP contribution in [-0.2, 0) is 11.2 Å². The number of aromatic nitrogens is 1. The zero-order valence-corrected chi connectivity index (χ0v) is 18.3. The molecule has 32 heavy (non-hydrogen) atoms. The van der Waals surface area contributed by atoms with Crippen LogP contribution in [0.2, 0.25) is 10.0 Å². The first-order valence-corrected chi connectivity index (χ1v) is 10.6. The molecule has 1 aliphatic rings. The van der Waals surface area contributed by atoms with E-state index in [4.69, 9.17) is 23.2 Å². The zero-order valence-electron chi connectivity index (χ0n) is 16.0. The summed E-state index contributed by atoms with van der Waals surface area (Å²) in [7, 11) is 0. The number of benzene rings is 2. The van der Waals surface area contributed by atoms with Crippen LogP contribution in [-0.4, -0.2) is 39.1 Å². The summed E-state index contributed by atoms with van der Waals surface area (Å²) >= 11 is 13.4. The minimum Gasteiger partial charge on any atom is -0.300 e. The number of amides is 3. The molecule has 9 nitrogen and oxygen atoms in total. The Hall–Kier alpha value is -3.34. The van der Waals surface area contributed by atoms with E-state index in [1.54, 1.807) is 24.4 Å². The molecule has 0 saturated heterocycles. The molecule has 0 radical (unpaired) electrons. The lowest BCUT2D eigenvalue weighted by molar-refractivity contribution is -0.385. The van der Waals surface area contributed by atoms with E-state index in [9.17, 15) is 24.5 Å². The molecule has 0 unspecified atom stereocenters. The van der Waals surface area contributed by atoms with Gasteiger partial charge in [0.1, 0.15) is 12.1 Å². The van der Waals surface area contributed by atoms with Gasteiger partial charge in [0, 0.05) is 33.6 Å². The Bertz CT molecular complexity index is 1290. The first kappa shape index (κ1) is 21.9. The Kier molecular flexibility index (Phi) is 5.92. The number of carbonyl (C=O) groups excluding carboxylic acids is 3. The average Bonchev–Trinajstić information content (AvgIpc) is 3.28. The van der Waals surface area contributed by atoms with E-state index in [-0.39, 0.29) is 16.3 Å². The van der Waals surface area contributed by atoms with Crippen LogP contribution in [0.15, 0.2) is 42.6 Å². The van der Waals surface area contributed by atoms with E-state index in [2.05, 4.69) is 10.3 Å². The number of rotatable bonds is 6. The summed E-state index contributed by atoms with van der Waals surface area (Å²) in [5, 5.41) is 15.1. The van der Waals surface area contributed by atoms with Crippen molar-refractivity contribution in [1.82, 2.24) is 9.88 Å². The smallest absolute Gasteiger partial charge is 0.282 e. The van der Waals surface area contributed by atoms with Gasteiger partial charge in [-0.15, -0.1) is 11.3 Å². The van der Waals surface area contributed by atoms with Crippen LogP contribution in [0.1, 0.15) is 31.2 Å². The molecular formula is C20H12Cl2N4O5S. The Balaban J connectivity index is 1.44. The van der Waals surface area contributed by atoms with E-state index >= 15 is 0 Å². The van der Waals surface area contributed by atoms with Gasteiger partial charge in [-0.2, -0.15) is 0 Å². The van der Waals surface area contributed by atoms with E-state index in [1.807, 2.05) is 0 Å². The van der Waals surface area contributed by atoms with Crippen LogP contribution < -0.4 is 5.32 Å². The highest BCUT2D eigenvalue weighted by molar-refractivity contribution is 7.15. The van der Waals surface area contributed by atoms with Crippen LogP contribution in [0.5, 0.6) is 0 Å². The van der Waals surface area contributed by atoms with Gasteiger partial charge in [0.25, 0.3) is 17.5 Å². The minimum absolute atomic E-state index is 0.105. The highest BCUT2D eigenvalue weighted by atomic mass is 35.5. The number of hydrogen-bond donors (Lipinski definition) is 1. The molecule has 3 aromatic rings. The maximum Gasteiger partial charge on any atom is 0.282 e. The lowest BCUT2D eigenvalue weighted by Gasteiger charge is -2.12. The van der Waals surface area contributed by atoms with Gasteiger partial charge in [0.2, 0.25) is 5.91 Å². The maximum atomic E-state index is 12.6. The summed E-state index contributed by atoms with van der Waals surface area (Å²) in [6.45, 7) is -0.599. The molecule has 0 spiro atoms. The number of nitro groups is 1. The number of imide groups is 1. The van der Waals surface area contributed by atoms with Crippen molar-refractivity contribution in [1.29, 1.82) is 0 Å². The topological polar surface area (TPSA) is 123 Å². The van der Waals surface area contributed by atoms with Crippen molar-refractivity contribution in [2.45, 2.75) is 6.42 Å². The second-order valence-electron chi connectivity index (χ2n) is 6.75. The number of fused-ring (bicyclic) bond motifs is 1. The number of nitro benzene ring substituents is 1. The van der Waals surface area contributed by atoms with Crippen molar-refractivity contribution in [2.75, 3.05) is 11.9 Å². The fraction of sp³-hybridized carbons (Fsp3) is 0.100. The number of hydrogen-bond acceptors (Lipinski definition) is 7. The molecule has 1 aliphatic heterocycles. The molecule has 3 amide bonds. The molecule has 12 heteroatoms. The highest BCUT2D eigenvalue weighted by Crippen LogP contribution is 2.31. The third kappa shape index (κ3) is 4.20. The second-order valence-corrected chi connectivity index (χ2v) is 8.70. The van der Waals surface area contributed by atoms with Crippen molar-refractivity contribution in [3.8, 4) is 0 Å². The Morgan fingerprint density at radius 1 is 1.19 bits per heavy atom. The Morgan fingerprint density at radius 3 is 2.72 bits per heavy atom. The molecule has 0 bridgehead atoms. The zero-order chi connectivity index (χ0) is 23.0. The summed E-state index contributed by atoms with van der Waals surface area (Å²) in [6, 6.07) is 8.87. The summed E-state index contributed by atoms with van der Waals surface area (Å²) < 4.78 is 0. The van der Waals surface area contributed by atoms with E-state index in [0.717, 1.165) is 16.5 Å². The van der Waals surface area contributed by atoms with Gasteiger partial charge in [-0.05, 0) is 29.8 Å². The fourth-order valence-corrected chi connectivity index (χ4v) is 4.46. The monoisotopic (exact) mass is 490 g/mol. The van der Waals surface area contributed by atoms with Crippen LogP contribution >= 0.6 is 34.5 Å². The first-order chi connectivity index (χ1) is 15.2. The molecule has 0 saturated carbocycles. The summed E-state index contributed by atoms with van der Waals surface area (Å²) in [5.41, 5.74) is -0.0986. The highest BCUT2D eigenvalue weighted by Gasteiger charge is 2.41. The van der Waals surface area contributed by atoms with Crippen LogP contribution in [0.25, 0.3) is 0 Å². The van der Waals surface area contributed by atoms with Crippen molar-refractivity contribution in [2.24, 2.45) is 0 Å². The molecule has 1 N–H and O–H groups in total. The molecule has 4 rings (SSSR count). The standard InChI is InChI=1S/C20H12Cl2N4O5S/c21-11-4-5-14(22)10(6-11)7-12-8-23-20(32-12)24-16(27)9-25-18(28)13-2-1-3-15(26(30)31)17(13)19(25)29/h1-6,8H,7,9H2,(H,23,24,27). The van der Waals surface area contributed by atoms with Gasteiger partial charge in [0.05, 0.1) is 10.5 Å². The molecule has 1 aromatic heterocycles. The van der Waals surface area contributed by atoms with Gasteiger partial charge in [-0.1, -0.05) is 29.3 Å². The normalized spacial score (nSPS) is 12.8. The lowest BCUT2D eigenvalue weighted by atomic mass is 10.1. The number of anilines is 1. The third-order valence-electron chi connectivity index (χ3n) is 4.65. The van der Waals surface area contributed by atoms with Gasteiger partial charge in [-0.3, -0.25) is 29.4 Å². The lowest BCUT2D eigenvalue weighted by Crippen LogP contribution is -2.37. The maximum absolute atomic E-state index is 12.6. The summed E-state index contributed by atoms with van der Waals surface area (Å²) in [6.07, 6.45) is 2.03. The summed E-state index contributed by atoms with van der Waals surface area (Å²) in [4.78, 5) is 53.6. The molecule has 0 aliphatic carbocycles. The van der Waals surface area contributed by atoms with Crippen LogP contribution in [0.4, 0.5) is 10.8 Å². The number of nitrogens with one attached hydrogen (secondary N) is 1. The van der Waals surface area contributed by atoms with Crippen molar-refractivity contribution >= 4 is 63.1 Å². The molecule has 0 atom stereocenters. The number of halogens is 2. The molecule has 2 aromatic carbocycles. The van der Waals surface area contributed by atoms with E-state index in [0.29, 0.717) is 21.4 Å². The quantitative estimate of drug-likeness (QED) is 0.314. The number of carbonyl (C=O) groups is 3. The van der Waals surface area contributed by atoms with Gasteiger partial charge < -0.3 is 5.32 Å². The van der Waals surface area contributed by atoms with Crippen molar-refractivity contribution in [3.05, 3.63) is 84.3 Å². The van der Waals surface area contributed by atoms with Crippen LogP contribution in [0.3, 0.4) is 0 Å². The fourth-order valence-electron chi connectivity index (χ4n) is 3.23. The Labute approximate surface area is 194 Å². The second kappa shape index (κ2) is 8.65. The number of thiazole rings is 1. The minimum atomic E-state index is -0.886. The third-order valence-corrected chi connectivity index (χ3v) is 6.16. The largest absolute Gasteiger partial charge is 0.300 e. The molecule has 162 valence electrons. The summed E-state index contributed by atoms with van der Waals surface area (Å²) in [5.74, 6) is -2.31. The van der Waals surface area contributed by atoms with Crippen molar-refractivity contribution < 1.29 is 19.3 Å². The predicted octanol–water partition coefficient (Wildman–Crippen LogP) is 4.18. The van der Waals surface area contributed by atoms with E-state index < -0.39 is 34.9 Å².